The second-order valence-corrected chi connectivity index (χ2v) is 5.77. The molecule has 2 aromatic rings. The number of nitrogens with zero attached hydrogens (tertiary/aromatic N) is 2. The Morgan fingerprint density at radius 3 is 1.95 bits per heavy atom. The minimum Gasteiger partial charge on any atom is -1.00 e. The Morgan fingerprint density at radius 1 is 0.818 bits per heavy atom. The zero-order valence-electron chi connectivity index (χ0n) is 13.1. The van der Waals surface area contributed by atoms with E-state index in [1.807, 2.05) is 11.6 Å². The van der Waals surface area contributed by atoms with Crippen molar-refractivity contribution in [2.75, 3.05) is 18.0 Å². The molecule has 22 heavy (non-hydrogen) atoms. The number of hydrogen-bond acceptors (Lipinski definition) is 1. The molecule has 0 aliphatic carbocycles. The first-order valence-corrected chi connectivity index (χ1v) is 7.80. The van der Waals surface area contributed by atoms with Crippen LogP contribution in [0, 0.1) is 0 Å². The molecule has 1 aliphatic rings. The van der Waals surface area contributed by atoms with Gasteiger partial charge in [0.15, 0.2) is 12.4 Å². The van der Waals surface area contributed by atoms with E-state index < -0.39 is 0 Å². The van der Waals surface area contributed by atoms with Crippen LogP contribution in [0.2, 0.25) is 0 Å². The number of aryl methyl sites for hydroxylation is 1. The van der Waals surface area contributed by atoms with Gasteiger partial charge in [-0.3, -0.25) is 0 Å². The maximum absolute atomic E-state index is 2.49. The summed E-state index contributed by atoms with van der Waals surface area (Å²) < 4.78 is 2.05. The lowest BCUT2D eigenvalue weighted by molar-refractivity contribution is -0.671. The molecule has 0 radical (unpaired) electrons. The van der Waals surface area contributed by atoms with E-state index >= 15 is 0 Å². The lowest BCUT2D eigenvalue weighted by atomic mass is 10.1. The Morgan fingerprint density at radius 2 is 1.36 bits per heavy atom. The van der Waals surface area contributed by atoms with Crippen molar-refractivity contribution in [1.29, 1.82) is 0 Å². The van der Waals surface area contributed by atoms with Gasteiger partial charge in [0.25, 0.3) is 0 Å². The summed E-state index contributed by atoms with van der Waals surface area (Å²) in [6, 6.07) is 13.2. The molecular formula is C19H23IN2. The minimum absolute atomic E-state index is 0. The molecule has 0 atom stereocenters. The van der Waals surface area contributed by atoms with Gasteiger partial charge >= 0.3 is 0 Å². The molecule has 1 aromatic heterocycles. The van der Waals surface area contributed by atoms with Gasteiger partial charge < -0.3 is 28.9 Å². The Labute approximate surface area is 150 Å². The van der Waals surface area contributed by atoms with Crippen LogP contribution in [0.3, 0.4) is 0 Å². The van der Waals surface area contributed by atoms with Crippen molar-refractivity contribution in [3.05, 3.63) is 59.9 Å². The highest BCUT2D eigenvalue weighted by Gasteiger charge is 2.09. The van der Waals surface area contributed by atoms with Crippen molar-refractivity contribution >= 4 is 17.8 Å². The van der Waals surface area contributed by atoms with Gasteiger partial charge in [0.1, 0.15) is 7.05 Å². The highest BCUT2D eigenvalue weighted by Crippen LogP contribution is 2.20. The van der Waals surface area contributed by atoms with E-state index in [4.69, 9.17) is 0 Å². The SMILES string of the molecule is C[n+]1ccc(/C=C/c2ccc(N3CCCCC3)cc2)cc1.[I-]. The van der Waals surface area contributed by atoms with Crippen LogP contribution in [0.5, 0.6) is 0 Å². The molecule has 0 amide bonds. The molecule has 1 aliphatic heterocycles. The predicted octanol–water partition coefficient (Wildman–Crippen LogP) is 0.676. The third-order valence-electron chi connectivity index (χ3n) is 4.09. The Bertz CT molecular complexity index is 596. The molecule has 0 N–H and O–H groups in total. The number of hydrogen-bond donors (Lipinski definition) is 0. The summed E-state index contributed by atoms with van der Waals surface area (Å²) in [5.74, 6) is 0. The lowest BCUT2D eigenvalue weighted by Crippen LogP contribution is -3.00. The number of pyridine rings is 1. The van der Waals surface area contributed by atoms with Gasteiger partial charge in [-0.05, 0) is 42.5 Å². The monoisotopic (exact) mass is 406 g/mol. The average molecular weight is 406 g/mol. The summed E-state index contributed by atoms with van der Waals surface area (Å²) in [6.07, 6.45) is 12.5. The largest absolute Gasteiger partial charge is 1.00 e. The fourth-order valence-corrected chi connectivity index (χ4v) is 2.76. The number of anilines is 1. The second-order valence-electron chi connectivity index (χ2n) is 5.77. The van der Waals surface area contributed by atoms with Crippen molar-refractivity contribution in [3.8, 4) is 0 Å². The highest BCUT2D eigenvalue weighted by molar-refractivity contribution is 5.70. The fraction of sp³-hybridized carbons (Fsp3) is 0.316. The molecule has 0 saturated carbocycles. The maximum Gasteiger partial charge on any atom is 0.169 e. The van der Waals surface area contributed by atoms with Crippen molar-refractivity contribution < 1.29 is 28.5 Å². The van der Waals surface area contributed by atoms with E-state index in [2.05, 4.69) is 65.8 Å². The molecule has 0 spiro atoms. The molecule has 1 saturated heterocycles. The molecule has 1 aromatic carbocycles. The first-order chi connectivity index (χ1) is 10.3. The van der Waals surface area contributed by atoms with Crippen LogP contribution in [-0.2, 0) is 7.05 Å². The first-order valence-electron chi connectivity index (χ1n) is 7.80. The average Bonchev–Trinajstić information content (AvgIpc) is 2.56. The molecule has 2 heterocycles. The molecular weight excluding hydrogens is 383 g/mol. The Balaban J connectivity index is 0.00000176. The van der Waals surface area contributed by atoms with Crippen molar-refractivity contribution in [2.45, 2.75) is 19.3 Å². The van der Waals surface area contributed by atoms with Crippen LogP contribution in [0.1, 0.15) is 30.4 Å². The van der Waals surface area contributed by atoms with Crippen LogP contribution in [0.25, 0.3) is 12.2 Å². The summed E-state index contributed by atoms with van der Waals surface area (Å²) in [6.45, 7) is 2.41. The third kappa shape index (κ3) is 4.57. The quantitative estimate of drug-likeness (QED) is 0.537. The van der Waals surface area contributed by atoms with Gasteiger partial charge in [-0.15, -0.1) is 0 Å². The number of halogens is 1. The van der Waals surface area contributed by atoms with Gasteiger partial charge in [-0.1, -0.05) is 24.3 Å². The van der Waals surface area contributed by atoms with Crippen LogP contribution in [0.4, 0.5) is 5.69 Å². The normalized spacial score (nSPS) is 14.9. The van der Waals surface area contributed by atoms with Crippen molar-refractivity contribution in [2.24, 2.45) is 7.05 Å². The Hall–Kier alpha value is -1.36. The molecule has 116 valence electrons. The van der Waals surface area contributed by atoms with E-state index in [9.17, 15) is 0 Å². The summed E-state index contributed by atoms with van der Waals surface area (Å²) in [5, 5.41) is 0. The second kappa shape index (κ2) is 8.32. The zero-order valence-corrected chi connectivity index (χ0v) is 15.2. The number of piperidine rings is 1. The maximum atomic E-state index is 2.49. The third-order valence-corrected chi connectivity index (χ3v) is 4.09. The summed E-state index contributed by atoms with van der Waals surface area (Å²) in [4.78, 5) is 2.49. The van der Waals surface area contributed by atoms with E-state index in [1.54, 1.807) is 0 Å². The Kier molecular flexibility index (Phi) is 6.43. The van der Waals surface area contributed by atoms with Crippen LogP contribution in [-0.4, -0.2) is 13.1 Å². The summed E-state index contributed by atoms with van der Waals surface area (Å²) in [5.41, 5.74) is 3.84. The van der Waals surface area contributed by atoms with Crippen LogP contribution >= 0.6 is 0 Å². The van der Waals surface area contributed by atoms with Crippen LogP contribution < -0.4 is 33.4 Å². The van der Waals surface area contributed by atoms with E-state index in [1.165, 1.54) is 49.2 Å². The van der Waals surface area contributed by atoms with Crippen molar-refractivity contribution in [3.63, 3.8) is 0 Å². The number of rotatable bonds is 3. The molecule has 1 fully saturated rings. The van der Waals surface area contributed by atoms with Crippen LogP contribution in [0.15, 0.2) is 48.8 Å². The minimum atomic E-state index is 0. The van der Waals surface area contributed by atoms with Gasteiger partial charge in [-0.25, -0.2) is 4.57 Å². The number of benzene rings is 1. The standard InChI is InChI=1S/C19H23N2.HI/c1-20-15-11-18(12-16-20)6-5-17-7-9-19(10-8-17)21-13-3-2-4-14-21;/h5-12,15-16H,2-4,13-14H2,1H3;1H/q+1;/p-1. The molecule has 3 heteroatoms. The van der Waals surface area contributed by atoms with Gasteiger partial charge in [0.2, 0.25) is 0 Å². The molecule has 3 rings (SSSR count). The van der Waals surface area contributed by atoms with Gasteiger partial charge in [0.05, 0.1) is 0 Å². The predicted molar refractivity (Wildman–Crippen MR) is 89.1 cm³/mol. The van der Waals surface area contributed by atoms with E-state index in [0.717, 1.165) is 0 Å². The van der Waals surface area contributed by atoms with Crippen molar-refractivity contribution in [1.82, 2.24) is 0 Å². The smallest absolute Gasteiger partial charge is 0.169 e. The fourth-order valence-electron chi connectivity index (χ4n) is 2.76. The van der Waals surface area contributed by atoms with Gasteiger partial charge in [0, 0.05) is 30.9 Å². The highest BCUT2D eigenvalue weighted by atomic mass is 127. The van der Waals surface area contributed by atoms with E-state index in [0.29, 0.717) is 0 Å². The van der Waals surface area contributed by atoms with Gasteiger partial charge in [-0.2, -0.15) is 0 Å². The molecule has 0 bridgehead atoms. The summed E-state index contributed by atoms with van der Waals surface area (Å²) >= 11 is 0. The summed E-state index contributed by atoms with van der Waals surface area (Å²) in [7, 11) is 2.03. The molecule has 0 unspecified atom stereocenters. The molecule has 2 nitrogen and oxygen atoms in total. The lowest BCUT2D eigenvalue weighted by Gasteiger charge is -2.28. The first kappa shape index (κ1) is 17.0. The number of aromatic nitrogens is 1. The van der Waals surface area contributed by atoms with E-state index in [-0.39, 0.29) is 24.0 Å². The topological polar surface area (TPSA) is 7.12 Å². The zero-order chi connectivity index (χ0) is 14.5.